The van der Waals surface area contributed by atoms with Crippen LogP contribution in [0.2, 0.25) is 0 Å². The fourth-order valence-electron chi connectivity index (χ4n) is 2.47. The smallest absolute Gasteiger partial charge is 0.250 e. The minimum Gasteiger partial charge on any atom is -0.356 e. The number of hydrogen-bond donors (Lipinski definition) is 1. The van der Waals surface area contributed by atoms with Crippen molar-refractivity contribution in [2.24, 2.45) is 4.99 Å². The van der Waals surface area contributed by atoms with Crippen molar-refractivity contribution in [3.8, 4) is 0 Å². The van der Waals surface area contributed by atoms with Gasteiger partial charge in [0, 0.05) is 45.5 Å². The molecule has 0 saturated heterocycles. The van der Waals surface area contributed by atoms with Gasteiger partial charge in [-0.15, -0.1) is 30.6 Å². The number of nitrogens with zero attached hydrogens (tertiary/aromatic N) is 3. The Morgan fingerprint density at radius 2 is 2.12 bits per heavy atom. The molecule has 0 unspecified atom stereocenters. The highest BCUT2D eigenvalue weighted by Crippen LogP contribution is 1.98. The molecule has 0 aliphatic carbocycles. The van der Waals surface area contributed by atoms with Crippen LogP contribution in [0, 0.1) is 6.92 Å². The van der Waals surface area contributed by atoms with Gasteiger partial charge >= 0.3 is 0 Å². The van der Waals surface area contributed by atoms with Crippen molar-refractivity contribution < 1.29 is 0 Å². The van der Waals surface area contributed by atoms with Crippen LogP contribution in [0.1, 0.15) is 31.4 Å². The second-order valence-corrected chi connectivity index (χ2v) is 5.69. The number of hydrogen-bond acceptors (Lipinski definition) is 2. The maximum atomic E-state index is 11.8. The first kappa shape index (κ1) is 22.7. The highest BCUT2D eigenvalue weighted by atomic mass is 127. The topological polar surface area (TPSA) is 49.6 Å². The molecule has 0 aliphatic rings. The molecule has 1 heterocycles. The lowest BCUT2D eigenvalue weighted by Crippen LogP contribution is -2.39. The third kappa shape index (κ3) is 7.99. The van der Waals surface area contributed by atoms with Crippen molar-refractivity contribution in [3.63, 3.8) is 0 Å². The summed E-state index contributed by atoms with van der Waals surface area (Å²) in [6, 6.07) is 5.40. The van der Waals surface area contributed by atoms with Crippen LogP contribution in [-0.2, 0) is 6.54 Å². The number of aryl methyl sites for hydroxylation is 1. The molecular formula is C18H31IN4O. The molecule has 1 rings (SSSR count). The quantitative estimate of drug-likeness (QED) is 0.209. The summed E-state index contributed by atoms with van der Waals surface area (Å²) in [4.78, 5) is 18.2. The average molecular weight is 446 g/mol. The summed E-state index contributed by atoms with van der Waals surface area (Å²) in [6.45, 7) is 8.30. The number of aromatic nitrogens is 1. The summed E-state index contributed by atoms with van der Waals surface area (Å²) in [7, 11) is 3.85. The second kappa shape index (κ2) is 13.0. The first-order chi connectivity index (χ1) is 11.1. The van der Waals surface area contributed by atoms with Crippen molar-refractivity contribution in [1.29, 1.82) is 0 Å². The monoisotopic (exact) mass is 446 g/mol. The second-order valence-electron chi connectivity index (χ2n) is 5.69. The van der Waals surface area contributed by atoms with Gasteiger partial charge in [-0.2, -0.15) is 0 Å². The molecule has 6 heteroatoms. The molecule has 136 valence electrons. The van der Waals surface area contributed by atoms with E-state index in [9.17, 15) is 4.79 Å². The van der Waals surface area contributed by atoms with Crippen molar-refractivity contribution in [3.05, 3.63) is 46.9 Å². The van der Waals surface area contributed by atoms with Crippen molar-refractivity contribution >= 4 is 29.9 Å². The van der Waals surface area contributed by atoms with Crippen LogP contribution in [0.4, 0.5) is 0 Å². The van der Waals surface area contributed by atoms with Crippen LogP contribution in [0.5, 0.6) is 0 Å². The van der Waals surface area contributed by atoms with Crippen LogP contribution >= 0.6 is 24.0 Å². The van der Waals surface area contributed by atoms with Crippen molar-refractivity contribution in [2.75, 3.05) is 27.2 Å². The number of aliphatic imine (C=N–C) groups is 1. The Kier molecular flexibility index (Phi) is 12.3. The van der Waals surface area contributed by atoms with Crippen LogP contribution < -0.4 is 10.9 Å². The molecule has 0 bridgehead atoms. The molecule has 0 aliphatic heterocycles. The fraction of sp³-hybridized carbons (Fsp3) is 0.556. The highest BCUT2D eigenvalue weighted by Gasteiger charge is 2.04. The summed E-state index contributed by atoms with van der Waals surface area (Å²) >= 11 is 0. The van der Waals surface area contributed by atoms with E-state index >= 15 is 0 Å². The lowest BCUT2D eigenvalue weighted by Gasteiger charge is -2.21. The average Bonchev–Trinajstić information content (AvgIpc) is 2.53. The minimum absolute atomic E-state index is 0. The molecular weight excluding hydrogens is 415 g/mol. The zero-order valence-electron chi connectivity index (χ0n) is 15.1. The van der Waals surface area contributed by atoms with E-state index in [1.165, 1.54) is 0 Å². The third-order valence-electron chi connectivity index (χ3n) is 3.83. The maximum Gasteiger partial charge on any atom is 0.250 e. The summed E-state index contributed by atoms with van der Waals surface area (Å²) in [5, 5.41) is 3.37. The van der Waals surface area contributed by atoms with E-state index in [1.807, 2.05) is 36.7 Å². The van der Waals surface area contributed by atoms with Gasteiger partial charge in [0.1, 0.15) is 0 Å². The Hall–Kier alpha value is -1.31. The van der Waals surface area contributed by atoms with Crippen LogP contribution in [-0.4, -0.2) is 42.6 Å². The predicted octanol–water partition coefficient (Wildman–Crippen LogP) is 3.03. The summed E-state index contributed by atoms with van der Waals surface area (Å²) in [6.07, 6.45) is 6.01. The van der Waals surface area contributed by atoms with Crippen molar-refractivity contribution in [2.45, 2.75) is 39.2 Å². The maximum absolute atomic E-state index is 11.8. The predicted molar refractivity (Wildman–Crippen MR) is 114 cm³/mol. The number of guanidine groups is 1. The molecule has 24 heavy (non-hydrogen) atoms. The van der Waals surface area contributed by atoms with E-state index < -0.39 is 0 Å². The number of nitrogens with one attached hydrogen (secondary N) is 1. The van der Waals surface area contributed by atoms with Gasteiger partial charge in [-0.3, -0.25) is 9.79 Å². The SMILES string of the molecule is C=CCCCN(C)C(=NC)NCCCCn1c(C)cccc1=O.I. The van der Waals surface area contributed by atoms with Gasteiger partial charge in [-0.05, 0) is 38.7 Å². The molecule has 1 aromatic heterocycles. The largest absolute Gasteiger partial charge is 0.356 e. The van der Waals surface area contributed by atoms with Gasteiger partial charge in [0.2, 0.25) is 0 Å². The lowest BCUT2D eigenvalue weighted by molar-refractivity contribution is 0.466. The van der Waals surface area contributed by atoms with Gasteiger partial charge in [0.25, 0.3) is 5.56 Å². The Morgan fingerprint density at radius 3 is 2.75 bits per heavy atom. The Morgan fingerprint density at radius 1 is 1.38 bits per heavy atom. The molecule has 0 radical (unpaired) electrons. The van der Waals surface area contributed by atoms with Gasteiger partial charge in [0.05, 0.1) is 0 Å². The van der Waals surface area contributed by atoms with E-state index in [1.54, 1.807) is 13.1 Å². The van der Waals surface area contributed by atoms with Crippen LogP contribution in [0.3, 0.4) is 0 Å². The van der Waals surface area contributed by atoms with E-state index in [0.29, 0.717) is 0 Å². The number of halogens is 1. The van der Waals surface area contributed by atoms with E-state index in [-0.39, 0.29) is 29.5 Å². The molecule has 0 fully saturated rings. The minimum atomic E-state index is 0. The molecule has 1 aromatic rings. The van der Waals surface area contributed by atoms with Gasteiger partial charge in [-0.25, -0.2) is 0 Å². The summed E-state index contributed by atoms with van der Waals surface area (Å²) < 4.78 is 1.83. The number of rotatable bonds is 9. The molecule has 0 aromatic carbocycles. The Labute approximate surface area is 162 Å². The fourth-order valence-corrected chi connectivity index (χ4v) is 2.47. The van der Waals surface area contributed by atoms with E-state index in [0.717, 1.165) is 57.0 Å². The van der Waals surface area contributed by atoms with Gasteiger partial charge in [-0.1, -0.05) is 12.1 Å². The Balaban J connectivity index is 0.00000529. The van der Waals surface area contributed by atoms with Crippen molar-refractivity contribution in [1.82, 2.24) is 14.8 Å². The molecule has 0 atom stereocenters. The normalized spacial score (nSPS) is 10.9. The lowest BCUT2D eigenvalue weighted by atomic mass is 10.2. The Bertz CT molecular complexity index is 568. The summed E-state index contributed by atoms with van der Waals surface area (Å²) in [5.74, 6) is 0.919. The van der Waals surface area contributed by atoms with E-state index in [2.05, 4.69) is 21.8 Å². The molecule has 1 N–H and O–H groups in total. The molecule has 0 spiro atoms. The van der Waals surface area contributed by atoms with Crippen LogP contribution in [0.15, 0.2) is 40.6 Å². The highest BCUT2D eigenvalue weighted by molar-refractivity contribution is 14.0. The molecule has 5 nitrogen and oxygen atoms in total. The van der Waals surface area contributed by atoms with E-state index in [4.69, 9.17) is 0 Å². The third-order valence-corrected chi connectivity index (χ3v) is 3.83. The summed E-state index contributed by atoms with van der Waals surface area (Å²) in [5.41, 5.74) is 1.10. The molecule has 0 amide bonds. The number of pyridine rings is 1. The zero-order valence-corrected chi connectivity index (χ0v) is 17.5. The molecule has 0 saturated carbocycles. The van der Waals surface area contributed by atoms with Gasteiger partial charge < -0.3 is 14.8 Å². The number of unbranched alkanes of at least 4 members (excludes halogenated alkanes) is 2. The van der Waals surface area contributed by atoms with Gasteiger partial charge in [0.15, 0.2) is 5.96 Å². The zero-order chi connectivity index (χ0) is 17.1. The number of allylic oxidation sites excluding steroid dienone is 1. The van der Waals surface area contributed by atoms with Crippen LogP contribution in [0.25, 0.3) is 0 Å². The first-order valence-corrected chi connectivity index (χ1v) is 8.29. The first-order valence-electron chi connectivity index (χ1n) is 8.29. The standard InChI is InChI=1S/C18H30N4O.HI/c1-5-6-8-14-21(4)18(19-3)20-13-7-9-15-22-16(2)11-10-12-17(22)23;/h5,10-12H,1,6-9,13-15H2,2-4H3,(H,19,20);1H.